The van der Waals surface area contributed by atoms with Gasteiger partial charge in [0.1, 0.15) is 0 Å². The molecular weight excluding hydrogens is 252 g/mol. The van der Waals surface area contributed by atoms with Gasteiger partial charge in [0.05, 0.1) is 16.9 Å². The van der Waals surface area contributed by atoms with Crippen LogP contribution in [-0.2, 0) is 7.05 Å². The topological polar surface area (TPSA) is 59.0 Å². The molecule has 0 radical (unpaired) electrons. The minimum absolute atomic E-state index is 0.124. The van der Waals surface area contributed by atoms with Crippen molar-refractivity contribution in [3.8, 4) is 0 Å². The normalized spacial score (nSPS) is 10.4. The molecular formula is C15H20N4O. The average Bonchev–Trinajstić information content (AvgIpc) is 2.70. The van der Waals surface area contributed by atoms with Crippen molar-refractivity contribution < 1.29 is 4.79 Å². The third kappa shape index (κ3) is 2.99. The van der Waals surface area contributed by atoms with Gasteiger partial charge in [-0.25, -0.2) is 0 Å². The molecule has 5 heteroatoms. The van der Waals surface area contributed by atoms with Crippen molar-refractivity contribution in [2.75, 3.05) is 17.2 Å². The Bertz CT molecular complexity index is 631. The molecule has 0 fully saturated rings. The van der Waals surface area contributed by atoms with Crippen molar-refractivity contribution in [1.29, 1.82) is 0 Å². The number of benzene rings is 1. The van der Waals surface area contributed by atoms with Gasteiger partial charge < -0.3 is 10.6 Å². The largest absolute Gasteiger partial charge is 0.385 e. The molecule has 0 unspecified atom stereocenters. The fourth-order valence-electron chi connectivity index (χ4n) is 2.10. The number of anilines is 2. The summed E-state index contributed by atoms with van der Waals surface area (Å²) in [5, 5.41) is 10.3. The van der Waals surface area contributed by atoms with Crippen molar-refractivity contribution >= 4 is 17.3 Å². The molecule has 1 aromatic carbocycles. The van der Waals surface area contributed by atoms with Gasteiger partial charge in [0.25, 0.3) is 5.91 Å². The zero-order valence-corrected chi connectivity index (χ0v) is 12.3. The summed E-state index contributed by atoms with van der Waals surface area (Å²) in [5.74, 6) is -0.124. The molecule has 0 saturated heterocycles. The van der Waals surface area contributed by atoms with Crippen LogP contribution in [0.1, 0.15) is 28.5 Å². The summed E-state index contributed by atoms with van der Waals surface area (Å²) < 4.78 is 1.69. The Labute approximate surface area is 119 Å². The standard InChI is InChI=1S/C15H20N4O/c1-5-16-13-7-6-10(2)8-12(13)15(20)17-14-9-19(4)18-11(14)3/h6-9,16H,5H2,1-4H3,(H,17,20). The molecule has 1 heterocycles. The molecule has 0 saturated carbocycles. The molecule has 0 aliphatic carbocycles. The molecule has 2 rings (SSSR count). The Morgan fingerprint density at radius 2 is 2.05 bits per heavy atom. The quantitative estimate of drug-likeness (QED) is 0.899. The highest BCUT2D eigenvalue weighted by Gasteiger charge is 2.14. The van der Waals surface area contributed by atoms with Crippen molar-refractivity contribution in [3.05, 3.63) is 41.2 Å². The molecule has 5 nitrogen and oxygen atoms in total. The summed E-state index contributed by atoms with van der Waals surface area (Å²) >= 11 is 0. The molecule has 20 heavy (non-hydrogen) atoms. The summed E-state index contributed by atoms with van der Waals surface area (Å²) in [7, 11) is 1.83. The monoisotopic (exact) mass is 272 g/mol. The fourth-order valence-corrected chi connectivity index (χ4v) is 2.10. The third-order valence-corrected chi connectivity index (χ3v) is 3.05. The van der Waals surface area contributed by atoms with Gasteiger partial charge in [-0.15, -0.1) is 0 Å². The van der Waals surface area contributed by atoms with E-state index in [1.54, 1.807) is 10.9 Å². The van der Waals surface area contributed by atoms with Gasteiger partial charge >= 0.3 is 0 Å². The fraction of sp³-hybridized carbons (Fsp3) is 0.333. The Morgan fingerprint density at radius 1 is 1.30 bits per heavy atom. The number of nitrogens with zero attached hydrogens (tertiary/aromatic N) is 2. The Balaban J connectivity index is 2.28. The molecule has 0 aliphatic rings. The number of carbonyl (C=O) groups excluding carboxylic acids is 1. The molecule has 2 N–H and O–H groups in total. The van der Waals surface area contributed by atoms with Gasteiger partial charge in [-0.2, -0.15) is 5.10 Å². The van der Waals surface area contributed by atoms with E-state index in [2.05, 4.69) is 15.7 Å². The minimum Gasteiger partial charge on any atom is -0.385 e. The number of carbonyl (C=O) groups is 1. The van der Waals surface area contributed by atoms with Gasteiger partial charge in [0.15, 0.2) is 0 Å². The first-order valence-corrected chi connectivity index (χ1v) is 6.67. The first kappa shape index (κ1) is 14.1. The van der Waals surface area contributed by atoms with Crippen LogP contribution in [0.5, 0.6) is 0 Å². The van der Waals surface area contributed by atoms with Crippen molar-refractivity contribution in [3.63, 3.8) is 0 Å². The van der Waals surface area contributed by atoms with Crippen LogP contribution in [0.4, 0.5) is 11.4 Å². The molecule has 0 aliphatic heterocycles. The lowest BCUT2D eigenvalue weighted by molar-refractivity contribution is 0.102. The zero-order valence-electron chi connectivity index (χ0n) is 12.3. The summed E-state index contributed by atoms with van der Waals surface area (Å²) in [6.45, 7) is 6.63. The predicted octanol–water partition coefficient (Wildman–Crippen LogP) is 2.72. The van der Waals surface area contributed by atoms with Crippen molar-refractivity contribution in [1.82, 2.24) is 9.78 Å². The Hall–Kier alpha value is -2.30. The van der Waals surface area contributed by atoms with Gasteiger partial charge in [-0.3, -0.25) is 9.48 Å². The summed E-state index contributed by atoms with van der Waals surface area (Å²) in [5.41, 5.74) is 4.09. The van der Waals surface area contributed by atoms with Gasteiger partial charge in [-0.05, 0) is 32.9 Å². The van der Waals surface area contributed by atoms with Crippen LogP contribution < -0.4 is 10.6 Å². The molecule has 0 spiro atoms. The van der Waals surface area contributed by atoms with Crippen LogP contribution in [0, 0.1) is 13.8 Å². The number of amides is 1. The zero-order chi connectivity index (χ0) is 14.7. The molecule has 0 atom stereocenters. The summed E-state index contributed by atoms with van der Waals surface area (Å²) in [4.78, 5) is 12.4. The van der Waals surface area contributed by atoms with Crippen LogP contribution in [-0.4, -0.2) is 22.2 Å². The number of hydrogen-bond donors (Lipinski definition) is 2. The summed E-state index contributed by atoms with van der Waals surface area (Å²) in [6.07, 6.45) is 1.80. The van der Waals surface area contributed by atoms with Crippen LogP contribution in [0.15, 0.2) is 24.4 Å². The molecule has 1 aromatic heterocycles. The molecule has 106 valence electrons. The minimum atomic E-state index is -0.124. The van der Waals surface area contributed by atoms with E-state index in [0.29, 0.717) is 5.56 Å². The van der Waals surface area contributed by atoms with Crippen LogP contribution in [0.2, 0.25) is 0 Å². The predicted molar refractivity (Wildman–Crippen MR) is 81.2 cm³/mol. The van der Waals surface area contributed by atoms with E-state index in [1.807, 2.05) is 46.0 Å². The number of rotatable bonds is 4. The van der Waals surface area contributed by atoms with Crippen LogP contribution in [0.25, 0.3) is 0 Å². The number of hydrogen-bond acceptors (Lipinski definition) is 3. The van der Waals surface area contributed by atoms with Gasteiger partial charge in [-0.1, -0.05) is 11.6 Å². The Morgan fingerprint density at radius 3 is 2.65 bits per heavy atom. The maximum Gasteiger partial charge on any atom is 0.257 e. The number of aromatic nitrogens is 2. The molecule has 1 amide bonds. The van der Waals surface area contributed by atoms with E-state index in [9.17, 15) is 4.79 Å². The molecule has 0 bridgehead atoms. The van der Waals surface area contributed by atoms with E-state index in [-0.39, 0.29) is 5.91 Å². The van der Waals surface area contributed by atoms with Gasteiger partial charge in [0, 0.05) is 25.5 Å². The first-order chi connectivity index (χ1) is 9.51. The van der Waals surface area contributed by atoms with Crippen molar-refractivity contribution in [2.45, 2.75) is 20.8 Å². The highest BCUT2D eigenvalue weighted by molar-refractivity contribution is 6.08. The highest BCUT2D eigenvalue weighted by Crippen LogP contribution is 2.20. The van der Waals surface area contributed by atoms with E-state index in [4.69, 9.17) is 0 Å². The lowest BCUT2D eigenvalue weighted by Crippen LogP contribution is -2.15. The van der Waals surface area contributed by atoms with E-state index in [1.165, 1.54) is 0 Å². The molecule has 2 aromatic rings. The van der Waals surface area contributed by atoms with E-state index < -0.39 is 0 Å². The highest BCUT2D eigenvalue weighted by atomic mass is 16.1. The van der Waals surface area contributed by atoms with Crippen LogP contribution in [0.3, 0.4) is 0 Å². The van der Waals surface area contributed by atoms with Gasteiger partial charge in [0.2, 0.25) is 0 Å². The van der Waals surface area contributed by atoms with Crippen LogP contribution >= 0.6 is 0 Å². The third-order valence-electron chi connectivity index (χ3n) is 3.05. The Kier molecular flexibility index (Phi) is 4.08. The number of nitrogens with one attached hydrogen (secondary N) is 2. The second kappa shape index (κ2) is 5.77. The van der Waals surface area contributed by atoms with E-state index in [0.717, 1.165) is 29.2 Å². The maximum absolute atomic E-state index is 12.4. The SMILES string of the molecule is CCNc1ccc(C)cc1C(=O)Nc1cn(C)nc1C. The second-order valence-electron chi connectivity index (χ2n) is 4.84. The smallest absolute Gasteiger partial charge is 0.257 e. The van der Waals surface area contributed by atoms with Crippen molar-refractivity contribution in [2.24, 2.45) is 7.05 Å². The first-order valence-electron chi connectivity index (χ1n) is 6.67. The summed E-state index contributed by atoms with van der Waals surface area (Å²) in [6, 6.07) is 5.81. The average molecular weight is 272 g/mol. The second-order valence-corrected chi connectivity index (χ2v) is 4.84. The van der Waals surface area contributed by atoms with E-state index >= 15 is 0 Å². The lowest BCUT2D eigenvalue weighted by atomic mass is 10.1. The lowest BCUT2D eigenvalue weighted by Gasteiger charge is -2.11. The number of aryl methyl sites for hydroxylation is 3. The maximum atomic E-state index is 12.4.